The lowest BCUT2D eigenvalue weighted by Crippen LogP contribution is -2.55. The molecule has 0 aromatic carbocycles. The maximum atomic E-state index is 12.4. The molecule has 0 amide bonds. The standard InChI is InChI=1S/C32H54O9S/c1-3-27(33)23-19-15-11-7-5-9-13-17-21-25-29(30(35)36)32(31(37)38,42(39,40)41)26-22-18-14-10-6-8-12-16-20-24-28(34)4-2/h3-4,29H,1-2,5-26H2,(H,35,36)(H,37,38)(H,39,40,41). The van der Waals surface area contributed by atoms with Gasteiger partial charge in [-0.1, -0.05) is 116 Å². The molecule has 3 N–H and O–H groups in total. The summed E-state index contributed by atoms with van der Waals surface area (Å²) in [6.45, 7) is 6.91. The highest BCUT2D eigenvalue weighted by Crippen LogP contribution is 2.37. The van der Waals surface area contributed by atoms with Crippen LogP contribution in [0.15, 0.2) is 25.3 Å². The van der Waals surface area contributed by atoms with Gasteiger partial charge in [0.05, 0.1) is 5.92 Å². The van der Waals surface area contributed by atoms with Gasteiger partial charge in [-0.3, -0.25) is 23.7 Å². The molecule has 0 saturated carbocycles. The van der Waals surface area contributed by atoms with Crippen LogP contribution in [0.1, 0.15) is 141 Å². The Labute approximate surface area is 253 Å². The van der Waals surface area contributed by atoms with Gasteiger partial charge in [-0.05, 0) is 37.8 Å². The number of hydrogen-bond donors (Lipinski definition) is 3. The van der Waals surface area contributed by atoms with E-state index >= 15 is 0 Å². The van der Waals surface area contributed by atoms with Crippen LogP contribution in [-0.4, -0.2) is 51.4 Å². The van der Waals surface area contributed by atoms with Crippen molar-refractivity contribution >= 4 is 33.6 Å². The minimum Gasteiger partial charge on any atom is -0.481 e. The quantitative estimate of drug-likeness (QED) is 0.0422. The molecule has 0 spiro atoms. The minimum atomic E-state index is -5.20. The number of carboxylic acids is 2. The van der Waals surface area contributed by atoms with Crippen molar-refractivity contribution in [3.8, 4) is 0 Å². The Morgan fingerprint density at radius 3 is 1.24 bits per heavy atom. The predicted molar refractivity (Wildman–Crippen MR) is 165 cm³/mol. The molecule has 0 saturated heterocycles. The molecule has 0 fully saturated rings. The zero-order chi connectivity index (χ0) is 31.9. The molecular weight excluding hydrogens is 560 g/mol. The Morgan fingerprint density at radius 2 is 0.929 bits per heavy atom. The van der Waals surface area contributed by atoms with Crippen molar-refractivity contribution in [3.63, 3.8) is 0 Å². The molecular formula is C32H54O9S. The SMILES string of the molecule is C=CC(=O)CCCCCCCCCCCC(C(=O)O)C(CCCCCCCCCCCC(=O)C=C)(C(=O)O)S(=O)(=O)O. The first-order chi connectivity index (χ1) is 19.9. The van der Waals surface area contributed by atoms with Gasteiger partial charge in [0.1, 0.15) is 0 Å². The Hall–Kier alpha value is -2.33. The Morgan fingerprint density at radius 1 is 0.595 bits per heavy atom. The van der Waals surface area contributed by atoms with Crippen molar-refractivity contribution in [2.45, 2.75) is 146 Å². The second kappa shape index (κ2) is 23.2. The summed E-state index contributed by atoms with van der Waals surface area (Å²) >= 11 is 0. The van der Waals surface area contributed by atoms with Gasteiger partial charge in [-0.2, -0.15) is 8.42 Å². The lowest BCUT2D eigenvalue weighted by Gasteiger charge is -2.32. The minimum absolute atomic E-state index is 0.0521. The summed E-state index contributed by atoms with van der Waals surface area (Å²) in [5.74, 6) is -4.97. The number of aliphatic carboxylic acids is 2. The first-order valence-corrected chi connectivity index (χ1v) is 17.1. The first-order valence-electron chi connectivity index (χ1n) is 15.7. The lowest BCUT2D eigenvalue weighted by atomic mass is 9.82. The van der Waals surface area contributed by atoms with Gasteiger partial charge in [0.2, 0.25) is 4.75 Å². The normalized spacial score (nSPS) is 13.6. The van der Waals surface area contributed by atoms with Crippen molar-refractivity contribution in [3.05, 3.63) is 25.3 Å². The average molecular weight is 615 g/mol. The van der Waals surface area contributed by atoms with E-state index in [-0.39, 0.29) is 24.4 Å². The number of unbranched alkanes of at least 4 members (excludes halogenated alkanes) is 16. The highest BCUT2D eigenvalue weighted by atomic mass is 32.2. The number of carboxylic acid groups (broad SMARTS) is 2. The van der Waals surface area contributed by atoms with Gasteiger partial charge in [-0.25, -0.2) is 0 Å². The average Bonchev–Trinajstić information content (AvgIpc) is 2.93. The molecule has 0 bridgehead atoms. The van der Waals surface area contributed by atoms with E-state index in [0.717, 1.165) is 89.9 Å². The van der Waals surface area contributed by atoms with Crippen molar-refractivity contribution in [2.24, 2.45) is 5.92 Å². The molecule has 0 radical (unpaired) electrons. The van der Waals surface area contributed by atoms with Crippen molar-refractivity contribution < 1.29 is 42.4 Å². The molecule has 0 aliphatic carbocycles. The third-order valence-electron chi connectivity index (χ3n) is 8.03. The summed E-state index contributed by atoms with van der Waals surface area (Å²) in [4.78, 5) is 46.8. The van der Waals surface area contributed by atoms with E-state index in [1.54, 1.807) is 0 Å². The molecule has 242 valence electrons. The molecule has 2 atom stereocenters. The molecule has 0 aliphatic heterocycles. The van der Waals surface area contributed by atoms with Crippen molar-refractivity contribution in [1.29, 1.82) is 0 Å². The number of ketones is 2. The summed E-state index contributed by atoms with van der Waals surface area (Å²) in [6.07, 6.45) is 17.9. The van der Waals surface area contributed by atoms with Gasteiger partial charge in [0.15, 0.2) is 11.6 Å². The fourth-order valence-electron chi connectivity index (χ4n) is 5.42. The van der Waals surface area contributed by atoms with Crippen LogP contribution in [0.3, 0.4) is 0 Å². The van der Waals surface area contributed by atoms with Crippen LogP contribution in [0.2, 0.25) is 0 Å². The monoisotopic (exact) mass is 614 g/mol. The summed E-state index contributed by atoms with van der Waals surface area (Å²) < 4.78 is 32.0. The fraction of sp³-hybridized carbons (Fsp3) is 0.750. The largest absolute Gasteiger partial charge is 0.481 e. The van der Waals surface area contributed by atoms with Crippen LogP contribution >= 0.6 is 0 Å². The van der Waals surface area contributed by atoms with Crippen LogP contribution in [0.4, 0.5) is 0 Å². The third-order valence-corrected chi connectivity index (χ3v) is 9.61. The number of allylic oxidation sites excluding steroid dienone is 2. The van der Waals surface area contributed by atoms with Crippen LogP contribution in [0.25, 0.3) is 0 Å². The van der Waals surface area contributed by atoms with E-state index in [4.69, 9.17) is 0 Å². The van der Waals surface area contributed by atoms with E-state index in [1.165, 1.54) is 12.2 Å². The predicted octanol–water partition coefficient (Wildman–Crippen LogP) is 7.49. The van der Waals surface area contributed by atoms with E-state index in [2.05, 4.69) is 13.2 Å². The lowest BCUT2D eigenvalue weighted by molar-refractivity contribution is -0.152. The summed E-state index contributed by atoms with van der Waals surface area (Å²) in [7, 11) is -5.20. The topological polar surface area (TPSA) is 163 Å². The molecule has 0 aromatic rings. The zero-order valence-electron chi connectivity index (χ0n) is 25.4. The zero-order valence-corrected chi connectivity index (χ0v) is 26.2. The molecule has 10 heteroatoms. The Balaban J connectivity index is 4.59. The summed E-state index contributed by atoms with van der Waals surface area (Å²) in [5.41, 5.74) is 0. The first kappa shape index (κ1) is 39.7. The van der Waals surface area contributed by atoms with Gasteiger partial charge in [0.25, 0.3) is 10.1 Å². The van der Waals surface area contributed by atoms with E-state index in [0.29, 0.717) is 32.1 Å². The van der Waals surface area contributed by atoms with Gasteiger partial charge >= 0.3 is 11.9 Å². The Bertz CT molecular complexity index is 942. The van der Waals surface area contributed by atoms with Crippen LogP contribution < -0.4 is 0 Å². The molecule has 0 aromatic heterocycles. The van der Waals surface area contributed by atoms with E-state index in [1.807, 2.05) is 0 Å². The summed E-state index contributed by atoms with van der Waals surface area (Å²) in [6, 6.07) is 0. The third kappa shape index (κ3) is 16.3. The molecule has 2 unspecified atom stereocenters. The van der Waals surface area contributed by atoms with Gasteiger partial charge in [0, 0.05) is 12.8 Å². The highest BCUT2D eigenvalue weighted by Gasteiger charge is 2.58. The maximum Gasteiger partial charge on any atom is 0.328 e. The molecule has 0 rings (SSSR count). The summed E-state index contributed by atoms with van der Waals surface area (Å²) in [5, 5.41) is 19.8. The van der Waals surface area contributed by atoms with Crippen molar-refractivity contribution in [1.82, 2.24) is 0 Å². The molecule has 42 heavy (non-hydrogen) atoms. The fourth-order valence-corrected chi connectivity index (χ4v) is 6.62. The van der Waals surface area contributed by atoms with Crippen LogP contribution in [-0.2, 0) is 29.3 Å². The van der Waals surface area contributed by atoms with E-state index in [9.17, 15) is 42.4 Å². The molecule has 0 aliphatic rings. The highest BCUT2D eigenvalue weighted by molar-refractivity contribution is 7.88. The van der Waals surface area contributed by atoms with Crippen LogP contribution in [0, 0.1) is 5.92 Å². The molecule has 0 heterocycles. The smallest absolute Gasteiger partial charge is 0.328 e. The van der Waals surface area contributed by atoms with Crippen molar-refractivity contribution in [2.75, 3.05) is 0 Å². The van der Waals surface area contributed by atoms with Crippen LogP contribution in [0.5, 0.6) is 0 Å². The van der Waals surface area contributed by atoms with Gasteiger partial charge in [-0.15, -0.1) is 0 Å². The number of rotatable bonds is 30. The number of hydrogen-bond acceptors (Lipinski definition) is 6. The van der Waals surface area contributed by atoms with E-state index < -0.39 is 39.1 Å². The number of carbonyl (C=O) groups excluding carboxylic acids is 2. The molecule has 9 nitrogen and oxygen atoms in total. The van der Waals surface area contributed by atoms with Gasteiger partial charge < -0.3 is 10.2 Å². The second-order valence-electron chi connectivity index (χ2n) is 11.3. The maximum absolute atomic E-state index is 12.4. The Kier molecular flexibility index (Phi) is 21.9. The number of carbonyl (C=O) groups is 4. The second-order valence-corrected chi connectivity index (χ2v) is 13.0.